The summed E-state index contributed by atoms with van der Waals surface area (Å²) < 4.78 is 43.7. The first-order valence-corrected chi connectivity index (χ1v) is 11.7. The number of methoxy groups -OCH3 is 1. The fourth-order valence-corrected chi connectivity index (χ4v) is 2.90. The molecule has 176 valence electrons. The highest BCUT2D eigenvalue weighted by Gasteiger charge is 2.38. The maximum Gasteiger partial charge on any atom is 0.118 e. The molecule has 0 aliphatic carbocycles. The van der Waals surface area contributed by atoms with Crippen molar-refractivity contribution in [1.29, 1.82) is 0 Å². The van der Waals surface area contributed by atoms with E-state index in [2.05, 4.69) is 27.7 Å². The second-order valence-corrected chi connectivity index (χ2v) is 7.50. The summed E-state index contributed by atoms with van der Waals surface area (Å²) in [6.45, 7) is 10.6. The molecule has 0 heterocycles. The summed E-state index contributed by atoms with van der Waals surface area (Å²) in [6.07, 6.45) is 5.89. The van der Waals surface area contributed by atoms with Crippen LogP contribution in [0.2, 0.25) is 0 Å². The minimum atomic E-state index is -0.668. The smallest absolute Gasteiger partial charge is 0.118 e. The first-order chi connectivity index (χ1) is 14.2. The van der Waals surface area contributed by atoms with E-state index < -0.39 is 25.0 Å². The topological polar surface area (TPSA) is 46.2 Å². The quantitative estimate of drug-likeness (QED) is 0.220. The largest absolute Gasteiger partial charge is 0.379 e. The van der Waals surface area contributed by atoms with Crippen LogP contribution in [0.5, 0.6) is 0 Å². The lowest BCUT2D eigenvalue weighted by Crippen LogP contribution is -2.52. The zero-order valence-electron chi connectivity index (χ0n) is 19.6. The zero-order chi connectivity index (χ0) is 21.7. The fourth-order valence-electron chi connectivity index (χ4n) is 2.90. The van der Waals surface area contributed by atoms with Gasteiger partial charge >= 0.3 is 0 Å². The van der Waals surface area contributed by atoms with Gasteiger partial charge in [-0.2, -0.15) is 0 Å². The Labute approximate surface area is 179 Å². The van der Waals surface area contributed by atoms with Crippen LogP contribution in [0.3, 0.4) is 0 Å². The van der Waals surface area contributed by atoms with Crippen LogP contribution in [-0.2, 0) is 23.7 Å². The van der Waals surface area contributed by atoms with Gasteiger partial charge in [0.2, 0.25) is 0 Å². The molecule has 0 aromatic carbocycles. The SMILES string of the molecule is CCCCOC[C@@H](OC)[C@@H](OCCCC)[C@H](OCCCC)[C@H](CF)OCCCC. The second kappa shape index (κ2) is 21.0. The van der Waals surface area contributed by atoms with Crippen molar-refractivity contribution in [1.82, 2.24) is 0 Å². The molecule has 0 fully saturated rings. The summed E-state index contributed by atoms with van der Waals surface area (Å²) in [5, 5.41) is 0. The van der Waals surface area contributed by atoms with Gasteiger partial charge < -0.3 is 23.7 Å². The van der Waals surface area contributed by atoms with Crippen molar-refractivity contribution < 1.29 is 28.1 Å². The molecule has 5 nitrogen and oxygen atoms in total. The molecule has 0 spiro atoms. The molecule has 0 aliphatic rings. The third-order valence-corrected chi connectivity index (χ3v) is 4.88. The summed E-state index contributed by atoms with van der Waals surface area (Å²) in [7, 11) is 1.65. The Kier molecular flexibility index (Phi) is 20.8. The molecule has 0 saturated carbocycles. The van der Waals surface area contributed by atoms with Gasteiger partial charge in [0, 0.05) is 33.5 Å². The lowest BCUT2D eigenvalue weighted by atomic mass is 10.0. The average Bonchev–Trinajstić information content (AvgIpc) is 2.74. The molecular weight excluding hydrogens is 375 g/mol. The van der Waals surface area contributed by atoms with E-state index in [1.165, 1.54) is 0 Å². The highest BCUT2D eigenvalue weighted by Crippen LogP contribution is 2.20. The Morgan fingerprint density at radius 1 is 0.621 bits per heavy atom. The Bertz CT molecular complexity index is 332. The highest BCUT2D eigenvalue weighted by atomic mass is 19.1. The van der Waals surface area contributed by atoms with Gasteiger partial charge in [-0.25, -0.2) is 4.39 Å². The van der Waals surface area contributed by atoms with Crippen LogP contribution in [0.4, 0.5) is 4.39 Å². The van der Waals surface area contributed by atoms with Crippen LogP contribution in [-0.4, -0.2) is 71.2 Å². The first-order valence-electron chi connectivity index (χ1n) is 11.7. The number of rotatable bonds is 22. The van der Waals surface area contributed by atoms with Crippen LogP contribution >= 0.6 is 0 Å². The van der Waals surface area contributed by atoms with Crippen LogP contribution in [0.25, 0.3) is 0 Å². The molecule has 0 bridgehead atoms. The van der Waals surface area contributed by atoms with E-state index in [1.54, 1.807) is 7.11 Å². The normalized spacial score (nSPS) is 15.9. The first kappa shape index (κ1) is 28.7. The van der Waals surface area contributed by atoms with Gasteiger partial charge in [-0.3, -0.25) is 0 Å². The molecule has 0 rings (SSSR count). The molecule has 29 heavy (non-hydrogen) atoms. The Morgan fingerprint density at radius 2 is 1.07 bits per heavy atom. The predicted molar refractivity (Wildman–Crippen MR) is 116 cm³/mol. The van der Waals surface area contributed by atoms with Crippen LogP contribution in [0.1, 0.15) is 79.1 Å². The van der Waals surface area contributed by atoms with E-state index in [1.807, 2.05) is 0 Å². The Balaban J connectivity index is 5.33. The molecule has 4 atom stereocenters. The molecule has 6 heteroatoms. The van der Waals surface area contributed by atoms with Crippen LogP contribution < -0.4 is 0 Å². The monoisotopic (exact) mass is 422 g/mol. The maximum absolute atomic E-state index is 14.0. The van der Waals surface area contributed by atoms with Gasteiger partial charge in [0.15, 0.2) is 0 Å². The molecule has 0 amide bonds. The van der Waals surface area contributed by atoms with Gasteiger partial charge in [0.25, 0.3) is 0 Å². The lowest BCUT2D eigenvalue weighted by molar-refractivity contribution is -0.186. The van der Waals surface area contributed by atoms with Crippen molar-refractivity contribution in [2.24, 2.45) is 0 Å². The van der Waals surface area contributed by atoms with Gasteiger partial charge in [-0.05, 0) is 25.7 Å². The Morgan fingerprint density at radius 3 is 1.52 bits per heavy atom. The van der Waals surface area contributed by atoms with E-state index in [-0.39, 0.29) is 6.10 Å². The summed E-state index contributed by atoms with van der Waals surface area (Å²) in [4.78, 5) is 0. The van der Waals surface area contributed by atoms with Crippen molar-refractivity contribution in [3.63, 3.8) is 0 Å². The van der Waals surface area contributed by atoms with Gasteiger partial charge in [0.05, 0.1) is 6.61 Å². The van der Waals surface area contributed by atoms with Gasteiger partial charge in [0.1, 0.15) is 31.1 Å². The molecule has 0 unspecified atom stereocenters. The van der Waals surface area contributed by atoms with Gasteiger partial charge in [-0.15, -0.1) is 0 Å². The molecule has 0 aliphatic heterocycles. The number of hydrogen-bond donors (Lipinski definition) is 0. The summed E-state index contributed by atoms with van der Waals surface area (Å²) in [6, 6.07) is 0. The van der Waals surface area contributed by atoms with Crippen molar-refractivity contribution in [3.8, 4) is 0 Å². The van der Waals surface area contributed by atoms with E-state index in [0.717, 1.165) is 51.4 Å². The lowest BCUT2D eigenvalue weighted by Gasteiger charge is -2.36. The molecule has 0 N–H and O–H groups in total. The summed E-state index contributed by atoms with van der Waals surface area (Å²) in [5.41, 5.74) is 0. The number of ether oxygens (including phenoxy) is 5. The predicted octanol–water partition coefficient (Wildman–Crippen LogP) is 5.34. The van der Waals surface area contributed by atoms with Crippen LogP contribution in [0, 0.1) is 0 Å². The molecule has 0 aromatic rings. The minimum absolute atomic E-state index is 0.334. The zero-order valence-corrected chi connectivity index (χ0v) is 19.6. The highest BCUT2D eigenvalue weighted by molar-refractivity contribution is 4.86. The van der Waals surface area contributed by atoms with Crippen molar-refractivity contribution >= 4 is 0 Å². The molecule has 0 aromatic heterocycles. The number of unbranched alkanes of at least 4 members (excludes halogenated alkanes) is 4. The summed E-state index contributed by atoms with van der Waals surface area (Å²) >= 11 is 0. The van der Waals surface area contributed by atoms with Crippen molar-refractivity contribution in [2.75, 3.05) is 46.8 Å². The van der Waals surface area contributed by atoms with E-state index in [9.17, 15) is 4.39 Å². The number of halogens is 1. The van der Waals surface area contributed by atoms with Gasteiger partial charge in [-0.1, -0.05) is 53.4 Å². The molecular formula is C23H47FO5. The Hall–Kier alpha value is -0.270. The third kappa shape index (κ3) is 13.6. The molecule has 0 radical (unpaired) electrons. The van der Waals surface area contributed by atoms with Crippen molar-refractivity contribution in [3.05, 3.63) is 0 Å². The second-order valence-electron chi connectivity index (χ2n) is 7.50. The number of alkyl halides is 1. The maximum atomic E-state index is 14.0. The third-order valence-electron chi connectivity index (χ3n) is 4.88. The van der Waals surface area contributed by atoms with E-state index >= 15 is 0 Å². The van der Waals surface area contributed by atoms with Crippen molar-refractivity contribution in [2.45, 2.75) is 103 Å². The van der Waals surface area contributed by atoms with Crippen LogP contribution in [0.15, 0.2) is 0 Å². The van der Waals surface area contributed by atoms with E-state index in [4.69, 9.17) is 23.7 Å². The number of hydrogen-bond acceptors (Lipinski definition) is 5. The summed E-state index contributed by atoms with van der Waals surface area (Å²) in [5.74, 6) is 0. The standard InChI is InChI=1S/C23H47FO5/c1-6-10-14-26-19-21(25-5)23(29-17-13-9-4)22(28-16-12-8-3)20(18-24)27-15-11-7-2/h20-23H,6-19H2,1-5H3/t20-,21+,22+,23+/m0/s1. The van der Waals surface area contributed by atoms with E-state index in [0.29, 0.717) is 33.0 Å². The fraction of sp³-hybridized carbons (Fsp3) is 1.00. The molecule has 0 saturated heterocycles. The minimum Gasteiger partial charge on any atom is -0.379 e. The average molecular weight is 423 g/mol.